The van der Waals surface area contributed by atoms with Gasteiger partial charge in [0.2, 0.25) is 0 Å². The number of nitrogens with zero attached hydrogens (tertiary/aromatic N) is 2. The maximum atomic E-state index is 11.7. The van der Waals surface area contributed by atoms with Crippen molar-refractivity contribution in [2.24, 2.45) is 0 Å². The number of fused-ring (bicyclic) bond motifs is 2. The molecule has 0 aliphatic carbocycles. The number of hydrogen-bond acceptors (Lipinski definition) is 9. The van der Waals surface area contributed by atoms with Gasteiger partial charge in [-0.25, -0.2) is 9.78 Å². The zero-order valence-corrected chi connectivity index (χ0v) is 18.4. The van der Waals surface area contributed by atoms with Crippen molar-refractivity contribution < 1.29 is 39.4 Å². The number of carboxylic acids is 1. The predicted octanol–water partition coefficient (Wildman–Crippen LogP) is 1.69. The van der Waals surface area contributed by atoms with Crippen molar-refractivity contribution in [1.82, 2.24) is 4.98 Å². The minimum Gasteiger partial charge on any atom is -0.486 e. The second-order valence-corrected chi connectivity index (χ2v) is 8.34. The lowest BCUT2D eigenvalue weighted by atomic mass is 9.97. The number of hydrogen-bond donors (Lipinski definition) is 4. The van der Waals surface area contributed by atoms with Crippen LogP contribution >= 0.6 is 11.6 Å². The van der Waals surface area contributed by atoms with Gasteiger partial charge in [-0.1, -0.05) is 23.7 Å². The second kappa shape index (κ2) is 8.90. The lowest BCUT2D eigenvalue weighted by Crippen LogP contribution is -2.63. The third-order valence-corrected chi connectivity index (χ3v) is 6.10. The predicted molar refractivity (Wildman–Crippen MR) is 121 cm³/mol. The van der Waals surface area contributed by atoms with Crippen molar-refractivity contribution in [3.63, 3.8) is 0 Å². The molecule has 2 aliphatic heterocycles. The van der Waals surface area contributed by atoms with E-state index in [0.717, 1.165) is 5.39 Å². The Hall–Kier alpha value is -3.15. The first kappa shape index (κ1) is 22.6. The van der Waals surface area contributed by atoms with Crippen LogP contribution in [0.3, 0.4) is 0 Å². The van der Waals surface area contributed by atoms with Crippen LogP contribution in [0.25, 0.3) is 10.9 Å². The molecule has 0 amide bonds. The Kier molecular flexibility index (Phi) is 5.92. The number of aliphatic hydroxyl groups excluding tert-OH is 3. The van der Waals surface area contributed by atoms with Crippen LogP contribution in [-0.2, 0) is 9.53 Å². The number of anilines is 2. The minimum absolute atomic E-state index is 0.258. The summed E-state index contributed by atoms with van der Waals surface area (Å²) in [5, 5.41) is 42.1. The molecule has 34 heavy (non-hydrogen) atoms. The Morgan fingerprint density at radius 1 is 0.971 bits per heavy atom. The molecule has 1 fully saturated rings. The Bertz CT molecular complexity index is 1240. The molecular formula is C23H21ClN2O8. The molecule has 5 rings (SSSR count). The van der Waals surface area contributed by atoms with Crippen molar-refractivity contribution in [3.05, 3.63) is 53.6 Å². The summed E-state index contributed by atoms with van der Waals surface area (Å²) in [6.45, 7) is 0.741. The summed E-state index contributed by atoms with van der Waals surface area (Å²) >= 11 is 6.35. The Balaban J connectivity index is 1.66. The van der Waals surface area contributed by atoms with Crippen LogP contribution in [0.15, 0.2) is 48.5 Å². The summed E-state index contributed by atoms with van der Waals surface area (Å²) in [7, 11) is 0. The number of rotatable bonds is 4. The largest absolute Gasteiger partial charge is 0.486 e. The van der Waals surface area contributed by atoms with Crippen molar-refractivity contribution in [3.8, 4) is 11.5 Å². The molecule has 3 heterocycles. The SMILES string of the molecule is O=C(O)C1OC(N(c2ccc3c(c2)OCCO3)c2ccc3cccc(Cl)c3n2)C(O)C(O)C1O. The van der Waals surface area contributed by atoms with Gasteiger partial charge < -0.3 is 34.6 Å². The number of benzene rings is 2. The average molecular weight is 489 g/mol. The fourth-order valence-electron chi connectivity index (χ4n) is 4.11. The van der Waals surface area contributed by atoms with Crippen LogP contribution in [0, 0.1) is 0 Å². The third-order valence-electron chi connectivity index (χ3n) is 5.79. The lowest BCUT2D eigenvalue weighted by molar-refractivity contribution is -0.225. The van der Waals surface area contributed by atoms with Crippen LogP contribution < -0.4 is 14.4 Å². The monoisotopic (exact) mass is 488 g/mol. The summed E-state index contributed by atoms with van der Waals surface area (Å²) in [5.74, 6) is -0.268. The highest BCUT2D eigenvalue weighted by Crippen LogP contribution is 2.40. The molecule has 1 saturated heterocycles. The van der Waals surface area contributed by atoms with E-state index in [0.29, 0.717) is 40.9 Å². The van der Waals surface area contributed by atoms with E-state index in [4.69, 9.17) is 25.8 Å². The summed E-state index contributed by atoms with van der Waals surface area (Å²) < 4.78 is 16.9. The van der Waals surface area contributed by atoms with Crippen LogP contribution in [0.4, 0.5) is 11.5 Å². The van der Waals surface area contributed by atoms with E-state index in [1.165, 1.54) is 4.90 Å². The Morgan fingerprint density at radius 3 is 2.50 bits per heavy atom. The van der Waals surface area contributed by atoms with Crippen molar-refractivity contribution in [1.29, 1.82) is 0 Å². The summed E-state index contributed by atoms with van der Waals surface area (Å²) in [4.78, 5) is 17.8. The van der Waals surface area contributed by atoms with Gasteiger partial charge in [0.15, 0.2) is 23.8 Å². The molecule has 1 aromatic heterocycles. The molecule has 5 atom stereocenters. The Labute approximate surface area is 198 Å². The zero-order chi connectivity index (χ0) is 24.0. The van der Waals surface area contributed by atoms with Crippen molar-refractivity contribution >= 4 is 40.0 Å². The lowest BCUT2D eigenvalue weighted by Gasteiger charge is -2.44. The molecule has 0 spiro atoms. The molecule has 2 aromatic carbocycles. The van der Waals surface area contributed by atoms with Gasteiger partial charge in [0, 0.05) is 17.1 Å². The number of ether oxygens (including phenoxy) is 3. The number of carbonyl (C=O) groups is 1. The molecule has 0 saturated carbocycles. The van der Waals surface area contributed by atoms with E-state index in [-0.39, 0.29) is 5.82 Å². The first-order valence-corrected chi connectivity index (χ1v) is 10.9. The molecular weight excluding hydrogens is 468 g/mol. The number of pyridine rings is 1. The summed E-state index contributed by atoms with van der Waals surface area (Å²) in [5.41, 5.74) is 0.893. The highest BCUT2D eigenvalue weighted by Gasteiger charge is 2.49. The van der Waals surface area contributed by atoms with E-state index in [9.17, 15) is 25.2 Å². The molecule has 5 unspecified atom stereocenters. The standard InChI is InChI=1S/C23H21ClN2O8/c24-13-3-1-2-11-4-7-16(25-17(11)13)26(12-5-6-14-15(10-12)33-9-8-32-14)22-20(29)18(27)19(28)21(34-22)23(30)31/h1-7,10,18-22,27-29H,8-9H2,(H,30,31). The molecule has 0 radical (unpaired) electrons. The first-order chi connectivity index (χ1) is 16.3. The first-order valence-electron chi connectivity index (χ1n) is 10.5. The zero-order valence-electron chi connectivity index (χ0n) is 17.6. The fraction of sp³-hybridized carbons (Fsp3) is 0.304. The molecule has 10 nitrogen and oxygen atoms in total. The fourth-order valence-corrected chi connectivity index (χ4v) is 4.33. The van der Waals surface area contributed by atoms with E-state index < -0.39 is 36.6 Å². The van der Waals surface area contributed by atoms with Gasteiger partial charge in [0.1, 0.15) is 37.3 Å². The van der Waals surface area contributed by atoms with Crippen LogP contribution in [0.5, 0.6) is 11.5 Å². The molecule has 178 valence electrons. The Morgan fingerprint density at radius 2 is 1.74 bits per heavy atom. The molecule has 3 aromatic rings. The maximum absolute atomic E-state index is 11.7. The number of para-hydroxylation sites is 1. The summed E-state index contributed by atoms with van der Waals surface area (Å²) in [6.07, 6.45) is -8.50. The van der Waals surface area contributed by atoms with Gasteiger partial charge in [-0.05, 0) is 30.3 Å². The van der Waals surface area contributed by atoms with E-state index in [2.05, 4.69) is 4.98 Å². The van der Waals surface area contributed by atoms with E-state index in [1.54, 1.807) is 42.5 Å². The topological polar surface area (TPSA) is 142 Å². The van der Waals surface area contributed by atoms with Gasteiger partial charge in [0.25, 0.3) is 0 Å². The molecule has 11 heteroatoms. The minimum atomic E-state index is -1.83. The second-order valence-electron chi connectivity index (χ2n) is 7.94. The normalized spacial score (nSPS) is 26.3. The summed E-state index contributed by atoms with van der Waals surface area (Å²) in [6, 6.07) is 13.7. The van der Waals surface area contributed by atoms with Crippen molar-refractivity contribution in [2.75, 3.05) is 18.1 Å². The number of halogens is 1. The van der Waals surface area contributed by atoms with Gasteiger partial charge in [-0.3, -0.25) is 4.90 Å². The highest BCUT2D eigenvalue weighted by atomic mass is 35.5. The third kappa shape index (κ3) is 3.89. The maximum Gasteiger partial charge on any atom is 0.335 e. The van der Waals surface area contributed by atoms with Crippen molar-refractivity contribution in [2.45, 2.75) is 30.6 Å². The van der Waals surface area contributed by atoms with Crippen LogP contribution in [-0.4, -0.2) is 75.2 Å². The molecule has 2 aliphatic rings. The number of aliphatic hydroxyl groups is 3. The quantitative estimate of drug-likeness (QED) is 0.428. The molecule has 0 bridgehead atoms. The van der Waals surface area contributed by atoms with Crippen LogP contribution in [0.2, 0.25) is 5.02 Å². The number of aliphatic carboxylic acids is 1. The van der Waals surface area contributed by atoms with Gasteiger partial charge in [-0.15, -0.1) is 0 Å². The molecule has 4 N–H and O–H groups in total. The van der Waals surface area contributed by atoms with Crippen LogP contribution in [0.1, 0.15) is 0 Å². The number of carboxylic acid groups (broad SMARTS) is 1. The van der Waals surface area contributed by atoms with Gasteiger partial charge >= 0.3 is 5.97 Å². The van der Waals surface area contributed by atoms with E-state index in [1.807, 2.05) is 6.07 Å². The highest BCUT2D eigenvalue weighted by molar-refractivity contribution is 6.35. The van der Waals surface area contributed by atoms with Gasteiger partial charge in [0.05, 0.1) is 10.5 Å². The van der Waals surface area contributed by atoms with Gasteiger partial charge in [-0.2, -0.15) is 0 Å². The van der Waals surface area contributed by atoms with E-state index >= 15 is 0 Å². The number of aromatic nitrogens is 1. The average Bonchev–Trinajstić information content (AvgIpc) is 2.84. The smallest absolute Gasteiger partial charge is 0.335 e.